The van der Waals surface area contributed by atoms with E-state index in [9.17, 15) is 19.8 Å². The first-order valence-corrected chi connectivity index (χ1v) is 11.8. The third-order valence-corrected chi connectivity index (χ3v) is 7.24. The van der Waals surface area contributed by atoms with Crippen LogP contribution in [0.4, 0.5) is 0 Å². The zero-order valence-electron chi connectivity index (χ0n) is 19.5. The lowest BCUT2D eigenvalue weighted by Crippen LogP contribution is -2.47. The molecule has 0 spiro atoms. The van der Waals surface area contributed by atoms with E-state index in [0.29, 0.717) is 23.7 Å². The van der Waals surface area contributed by atoms with Gasteiger partial charge in [0, 0.05) is 0 Å². The van der Waals surface area contributed by atoms with Crippen LogP contribution in [0.25, 0.3) is 0 Å². The van der Waals surface area contributed by atoms with E-state index in [4.69, 9.17) is 9.47 Å². The largest absolute Gasteiger partial charge is 0.460 e. The highest BCUT2D eigenvalue weighted by molar-refractivity contribution is 5.85. The smallest absolute Gasteiger partial charge is 0.338 e. The van der Waals surface area contributed by atoms with Crippen LogP contribution in [0.3, 0.4) is 0 Å². The summed E-state index contributed by atoms with van der Waals surface area (Å²) < 4.78 is 11.2. The number of carbonyl (C=O) groups is 2. The highest BCUT2D eigenvalue weighted by atomic mass is 16.6. The van der Waals surface area contributed by atoms with E-state index in [-0.39, 0.29) is 24.0 Å². The van der Waals surface area contributed by atoms with Crippen LogP contribution in [0.5, 0.6) is 0 Å². The molecule has 0 aromatic heterocycles. The SMILES string of the molecule is CC1CCC(C(C)C)C(OC(=O)[C@H](O)[C@@H](O)C(=O)O[C@@H]2CC(C)CCC2C(C)C)C1. The molecule has 2 rings (SSSR count). The number of ether oxygens (including phenoxy) is 2. The van der Waals surface area contributed by atoms with E-state index in [1.54, 1.807) is 0 Å². The maximum absolute atomic E-state index is 12.5. The number of carbonyl (C=O) groups excluding carboxylic acids is 2. The predicted molar refractivity (Wildman–Crippen MR) is 114 cm³/mol. The van der Waals surface area contributed by atoms with Gasteiger partial charge in [-0.25, -0.2) is 9.59 Å². The summed E-state index contributed by atoms with van der Waals surface area (Å²) in [6, 6.07) is 0. The summed E-state index contributed by atoms with van der Waals surface area (Å²) in [6.45, 7) is 12.6. The minimum absolute atomic E-state index is 0.219. The number of esters is 2. The van der Waals surface area contributed by atoms with Crippen LogP contribution in [0.1, 0.15) is 80.1 Å². The Hall–Kier alpha value is -1.14. The van der Waals surface area contributed by atoms with Gasteiger partial charge in [-0.15, -0.1) is 0 Å². The van der Waals surface area contributed by atoms with Crippen LogP contribution in [-0.4, -0.2) is 46.6 Å². The molecule has 5 unspecified atom stereocenters. The summed E-state index contributed by atoms with van der Waals surface area (Å²) in [6.07, 6.45) is 1.11. The number of hydrogen-bond acceptors (Lipinski definition) is 6. The third-order valence-electron chi connectivity index (χ3n) is 7.24. The summed E-state index contributed by atoms with van der Waals surface area (Å²) >= 11 is 0. The van der Waals surface area contributed by atoms with Gasteiger partial charge in [-0.3, -0.25) is 0 Å². The van der Waals surface area contributed by atoms with E-state index in [1.807, 2.05) is 0 Å². The highest BCUT2D eigenvalue weighted by Crippen LogP contribution is 2.37. The van der Waals surface area contributed by atoms with Crippen molar-refractivity contribution in [3.8, 4) is 0 Å². The van der Waals surface area contributed by atoms with E-state index in [2.05, 4.69) is 41.5 Å². The normalized spacial score (nSPS) is 34.5. The van der Waals surface area contributed by atoms with Gasteiger partial charge in [-0.1, -0.05) is 54.4 Å². The summed E-state index contributed by atoms with van der Waals surface area (Å²) in [4.78, 5) is 25.0. The Bertz CT molecular complexity index is 524. The van der Waals surface area contributed by atoms with Crippen LogP contribution in [0.15, 0.2) is 0 Å². The number of rotatable bonds is 7. The first-order valence-electron chi connectivity index (χ1n) is 11.8. The highest BCUT2D eigenvalue weighted by Gasteiger charge is 2.40. The molecule has 0 saturated heterocycles. The Morgan fingerprint density at radius 2 is 1.03 bits per heavy atom. The Labute approximate surface area is 181 Å². The Morgan fingerprint density at radius 1 is 0.700 bits per heavy atom. The Balaban J connectivity index is 1.96. The van der Waals surface area contributed by atoms with Gasteiger partial charge < -0.3 is 19.7 Å². The van der Waals surface area contributed by atoms with Gasteiger partial charge >= 0.3 is 11.9 Å². The molecule has 0 amide bonds. The molecule has 0 heterocycles. The third kappa shape index (κ3) is 6.43. The fourth-order valence-electron chi connectivity index (χ4n) is 5.20. The summed E-state index contributed by atoms with van der Waals surface area (Å²) in [5, 5.41) is 20.6. The van der Waals surface area contributed by atoms with Crippen molar-refractivity contribution in [1.29, 1.82) is 0 Å². The molecule has 0 bridgehead atoms. The molecule has 30 heavy (non-hydrogen) atoms. The molecule has 0 aliphatic heterocycles. The topological polar surface area (TPSA) is 93.1 Å². The molecule has 6 heteroatoms. The fraction of sp³-hybridized carbons (Fsp3) is 0.917. The zero-order chi connectivity index (χ0) is 22.6. The van der Waals surface area contributed by atoms with Crippen molar-refractivity contribution < 1.29 is 29.3 Å². The predicted octanol–water partition coefficient (Wildman–Crippen LogP) is 3.72. The lowest BCUT2D eigenvalue weighted by Gasteiger charge is -2.38. The molecule has 2 N–H and O–H groups in total. The van der Waals surface area contributed by atoms with Crippen molar-refractivity contribution in [2.45, 2.75) is 104 Å². The van der Waals surface area contributed by atoms with Gasteiger partial charge in [-0.05, 0) is 61.2 Å². The van der Waals surface area contributed by atoms with Crippen molar-refractivity contribution in [3.05, 3.63) is 0 Å². The average molecular weight is 427 g/mol. The second-order valence-electron chi connectivity index (χ2n) is 10.5. The molecule has 2 aliphatic carbocycles. The van der Waals surface area contributed by atoms with Gasteiger partial charge in [0.1, 0.15) is 12.2 Å². The maximum atomic E-state index is 12.5. The molecule has 174 valence electrons. The van der Waals surface area contributed by atoms with Crippen molar-refractivity contribution in [2.75, 3.05) is 0 Å². The van der Waals surface area contributed by atoms with Gasteiger partial charge in [0.25, 0.3) is 0 Å². The molecule has 2 fully saturated rings. The minimum Gasteiger partial charge on any atom is -0.460 e. The van der Waals surface area contributed by atoms with Crippen LogP contribution in [0.2, 0.25) is 0 Å². The van der Waals surface area contributed by atoms with Gasteiger partial charge in [0.2, 0.25) is 0 Å². The molecule has 6 nitrogen and oxygen atoms in total. The van der Waals surface area contributed by atoms with Gasteiger partial charge in [0.15, 0.2) is 12.2 Å². The lowest BCUT2D eigenvalue weighted by molar-refractivity contribution is -0.185. The van der Waals surface area contributed by atoms with Crippen LogP contribution in [-0.2, 0) is 19.1 Å². The van der Waals surface area contributed by atoms with Crippen molar-refractivity contribution >= 4 is 11.9 Å². The van der Waals surface area contributed by atoms with Gasteiger partial charge in [-0.2, -0.15) is 0 Å². The van der Waals surface area contributed by atoms with Crippen LogP contribution < -0.4 is 0 Å². The zero-order valence-corrected chi connectivity index (χ0v) is 19.5. The van der Waals surface area contributed by atoms with Crippen molar-refractivity contribution in [1.82, 2.24) is 0 Å². The Morgan fingerprint density at radius 3 is 1.33 bits per heavy atom. The summed E-state index contributed by atoms with van der Waals surface area (Å²) in [5.74, 6) is 0.126. The molecule has 2 saturated carbocycles. The number of aliphatic hydroxyl groups excluding tert-OH is 2. The molecular weight excluding hydrogens is 384 g/mol. The molecule has 0 radical (unpaired) electrons. The standard InChI is InChI=1S/C24H42O6/c1-13(2)17-9-7-15(5)11-19(17)29-23(27)21(25)22(26)24(28)30-20-12-16(6)8-10-18(20)14(3)4/h13-22,25-26H,7-12H2,1-6H3/t15?,16?,17?,18?,19-,20?,21-,22-/m1/s1. The molecular formula is C24H42O6. The number of hydrogen-bond donors (Lipinski definition) is 2. The first-order chi connectivity index (χ1) is 14.0. The monoisotopic (exact) mass is 426 g/mol. The quantitative estimate of drug-likeness (QED) is 0.603. The summed E-state index contributed by atoms with van der Waals surface area (Å²) in [5.41, 5.74) is 0. The Kier molecular flexibility index (Phi) is 9.16. The van der Waals surface area contributed by atoms with Crippen LogP contribution in [0, 0.1) is 35.5 Å². The fourth-order valence-corrected chi connectivity index (χ4v) is 5.20. The summed E-state index contributed by atoms with van der Waals surface area (Å²) in [7, 11) is 0. The van der Waals surface area contributed by atoms with E-state index in [1.165, 1.54) is 0 Å². The van der Waals surface area contributed by atoms with E-state index >= 15 is 0 Å². The lowest BCUT2D eigenvalue weighted by atomic mass is 9.75. The molecule has 0 aromatic rings. The number of aliphatic hydroxyl groups is 2. The minimum atomic E-state index is -1.93. The van der Waals surface area contributed by atoms with Crippen molar-refractivity contribution in [3.63, 3.8) is 0 Å². The average Bonchev–Trinajstić information content (AvgIpc) is 2.66. The van der Waals surface area contributed by atoms with Gasteiger partial charge in [0.05, 0.1) is 0 Å². The molecule has 8 atom stereocenters. The second kappa shape index (κ2) is 10.9. The first kappa shape index (κ1) is 25.1. The van der Waals surface area contributed by atoms with Crippen molar-refractivity contribution in [2.24, 2.45) is 35.5 Å². The second-order valence-corrected chi connectivity index (χ2v) is 10.5. The van der Waals surface area contributed by atoms with Crippen LogP contribution >= 0.6 is 0 Å². The maximum Gasteiger partial charge on any atom is 0.338 e. The van der Waals surface area contributed by atoms with E-state index < -0.39 is 24.1 Å². The molecule has 0 aromatic carbocycles. The van der Waals surface area contributed by atoms with E-state index in [0.717, 1.165) is 38.5 Å². The molecule has 2 aliphatic rings.